The lowest BCUT2D eigenvalue weighted by molar-refractivity contribution is -0.129. The Hall–Kier alpha value is -3.68. The lowest BCUT2D eigenvalue weighted by Crippen LogP contribution is -2.34. The van der Waals surface area contributed by atoms with Crippen LogP contribution in [-0.4, -0.2) is 45.3 Å². The fourth-order valence-electron chi connectivity index (χ4n) is 3.33. The van der Waals surface area contributed by atoms with E-state index in [1.807, 2.05) is 30.5 Å². The molecule has 1 saturated heterocycles. The van der Waals surface area contributed by atoms with Crippen LogP contribution in [0, 0.1) is 0 Å². The van der Waals surface area contributed by atoms with Crippen molar-refractivity contribution in [2.75, 3.05) is 11.9 Å². The van der Waals surface area contributed by atoms with Crippen LogP contribution in [0.5, 0.6) is 0 Å². The van der Waals surface area contributed by atoms with Crippen molar-refractivity contribution in [3.63, 3.8) is 0 Å². The van der Waals surface area contributed by atoms with Gasteiger partial charge in [0.15, 0.2) is 0 Å². The van der Waals surface area contributed by atoms with E-state index in [4.69, 9.17) is 0 Å². The standard InChI is InChI=1S/C20H19N5O3/c26-18(23-14-4-3-8-21-12-14)10-17-19(27)25(20(28)24-17)9-7-13-11-22-16-6-2-1-5-15(13)16/h1-6,8,11-12,17,22H,7,9-10H2,(H,23,26)(H,24,28). The minimum absolute atomic E-state index is 0.122. The molecule has 3 N–H and O–H groups in total. The number of para-hydroxylation sites is 1. The van der Waals surface area contributed by atoms with E-state index in [2.05, 4.69) is 20.6 Å². The summed E-state index contributed by atoms with van der Waals surface area (Å²) in [6.07, 6.45) is 5.42. The van der Waals surface area contributed by atoms with Gasteiger partial charge in [-0.15, -0.1) is 0 Å². The molecule has 4 amide bonds. The smallest absolute Gasteiger partial charge is 0.324 e. The highest BCUT2D eigenvalue weighted by molar-refractivity contribution is 6.07. The van der Waals surface area contributed by atoms with E-state index in [0.29, 0.717) is 12.1 Å². The van der Waals surface area contributed by atoms with Crippen molar-refractivity contribution in [1.29, 1.82) is 0 Å². The molecule has 0 saturated carbocycles. The largest absolute Gasteiger partial charge is 0.361 e. The van der Waals surface area contributed by atoms with Gasteiger partial charge in [0.1, 0.15) is 6.04 Å². The minimum Gasteiger partial charge on any atom is -0.361 e. The van der Waals surface area contributed by atoms with Crippen LogP contribution in [0.25, 0.3) is 10.9 Å². The van der Waals surface area contributed by atoms with Crippen LogP contribution < -0.4 is 10.6 Å². The number of nitrogens with one attached hydrogen (secondary N) is 3. The molecule has 3 aromatic rings. The van der Waals surface area contributed by atoms with E-state index in [0.717, 1.165) is 16.5 Å². The van der Waals surface area contributed by atoms with Crippen LogP contribution in [0.15, 0.2) is 55.0 Å². The summed E-state index contributed by atoms with van der Waals surface area (Å²) in [6.45, 7) is 0.257. The average Bonchev–Trinajstić information content (AvgIpc) is 3.22. The Morgan fingerprint density at radius 3 is 2.86 bits per heavy atom. The molecule has 1 aliphatic heterocycles. The molecule has 28 heavy (non-hydrogen) atoms. The third kappa shape index (κ3) is 3.57. The maximum absolute atomic E-state index is 12.6. The molecule has 1 fully saturated rings. The average molecular weight is 377 g/mol. The number of nitrogens with zero attached hydrogens (tertiary/aromatic N) is 2. The second-order valence-electron chi connectivity index (χ2n) is 6.60. The van der Waals surface area contributed by atoms with Gasteiger partial charge in [-0.05, 0) is 30.2 Å². The molecule has 0 bridgehead atoms. The molecule has 0 spiro atoms. The first-order chi connectivity index (χ1) is 13.6. The Kier molecular flexibility index (Phi) is 4.76. The highest BCUT2D eigenvalue weighted by Crippen LogP contribution is 2.19. The molecule has 142 valence electrons. The number of fused-ring (bicyclic) bond motifs is 1. The van der Waals surface area contributed by atoms with Gasteiger partial charge < -0.3 is 15.6 Å². The molecule has 2 aromatic heterocycles. The Balaban J connectivity index is 1.36. The van der Waals surface area contributed by atoms with Crippen LogP contribution in [0.1, 0.15) is 12.0 Å². The third-order valence-corrected chi connectivity index (χ3v) is 4.72. The molecular formula is C20H19N5O3. The van der Waals surface area contributed by atoms with Crippen molar-refractivity contribution < 1.29 is 14.4 Å². The predicted octanol–water partition coefficient (Wildman–Crippen LogP) is 2.05. The lowest BCUT2D eigenvalue weighted by atomic mass is 10.1. The number of benzene rings is 1. The Bertz CT molecular complexity index is 1030. The summed E-state index contributed by atoms with van der Waals surface area (Å²) in [7, 11) is 0. The summed E-state index contributed by atoms with van der Waals surface area (Å²) < 4.78 is 0. The number of imide groups is 1. The van der Waals surface area contributed by atoms with Crippen molar-refractivity contribution in [1.82, 2.24) is 20.2 Å². The molecule has 4 rings (SSSR count). The van der Waals surface area contributed by atoms with Gasteiger partial charge in [0.05, 0.1) is 18.3 Å². The van der Waals surface area contributed by atoms with Crippen LogP contribution >= 0.6 is 0 Å². The van der Waals surface area contributed by atoms with Crippen LogP contribution in [0.2, 0.25) is 0 Å². The SMILES string of the molecule is O=C(CC1NC(=O)N(CCc2c[nH]c3ccccc23)C1=O)Nc1cccnc1. The maximum atomic E-state index is 12.6. The van der Waals surface area contributed by atoms with E-state index in [1.54, 1.807) is 18.3 Å². The number of aromatic amines is 1. The number of H-pyrrole nitrogens is 1. The number of carbonyl (C=O) groups excluding carboxylic acids is 3. The Morgan fingerprint density at radius 1 is 1.18 bits per heavy atom. The number of rotatable bonds is 6. The van der Waals surface area contributed by atoms with Crippen LogP contribution in [0.3, 0.4) is 0 Å². The summed E-state index contributed by atoms with van der Waals surface area (Å²) in [5, 5.41) is 6.33. The van der Waals surface area contributed by atoms with E-state index in [-0.39, 0.29) is 24.8 Å². The second-order valence-corrected chi connectivity index (χ2v) is 6.60. The molecular weight excluding hydrogens is 358 g/mol. The van der Waals surface area contributed by atoms with Crippen molar-refractivity contribution in [3.8, 4) is 0 Å². The summed E-state index contributed by atoms with van der Waals surface area (Å²) in [4.78, 5) is 45.2. The first-order valence-corrected chi connectivity index (χ1v) is 8.98. The zero-order valence-electron chi connectivity index (χ0n) is 15.0. The number of pyridine rings is 1. The van der Waals surface area contributed by atoms with Crippen LogP contribution in [0.4, 0.5) is 10.5 Å². The van der Waals surface area contributed by atoms with E-state index < -0.39 is 12.1 Å². The predicted molar refractivity (Wildman–Crippen MR) is 104 cm³/mol. The molecule has 0 aliphatic carbocycles. The fraction of sp³-hybridized carbons (Fsp3) is 0.200. The van der Waals surface area contributed by atoms with Crippen molar-refractivity contribution in [2.24, 2.45) is 0 Å². The summed E-state index contributed by atoms with van der Waals surface area (Å²) >= 11 is 0. The minimum atomic E-state index is -0.854. The van der Waals surface area contributed by atoms with Gasteiger partial charge in [0.25, 0.3) is 5.91 Å². The van der Waals surface area contributed by atoms with Gasteiger partial charge in [-0.2, -0.15) is 0 Å². The molecule has 1 atom stereocenters. The highest BCUT2D eigenvalue weighted by Gasteiger charge is 2.38. The van der Waals surface area contributed by atoms with Crippen molar-refractivity contribution >= 4 is 34.4 Å². The number of carbonyl (C=O) groups is 3. The number of aromatic nitrogens is 2. The Morgan fingerprint density at radius 2 is 2.04 bits per heavy atom. The lowest BCUT2D eigenvalue weighted by Gasteiger charge is -2.12. The van der Waals surface area contributed by atoms with Gasteiger partial charge in [-0.25, -0.2) is 4.79 Å². The molecule has 3 heterocycles. The second kappa shape index (κ2) is 7.51. The van der Waals surface area contributed by atoms with E-state index in [9.17, 15) is 14.4 Å². The number of urea groups is 1. The maximum Gasteiger partial charge on any atom is 0.324 e. The molecule has 8 heteroatoms. The zero-order valence-corrected chi connectivity index (χ0v) is 15.0. The van der Waals surface area contributed by atoms with E-state index >= 15 is 0 Å². The highest BCUT2D eigenvalue weighted by atomic mass is 16.2. The van der Waals surface area contributed by atoms with Gasteiger partial charge in [-0.3, -0.25) is 19.5 Å². The first-order valence-electron chi connectivity index (χ1n) is 8.98. The van der Waals surface area contributed by atoms with Gasteiger partial charge in [0.2, 0.25) is 5.91 Å². The molecule has 8 nitrogen and oxygen atoms in total. The van der Waals surface area contributed by atoms with Crippen LogP contribution in [-0.2, 0) is 16.0 Å². The summed E-state index contributed by atoms with van der Waals surface area (Å²) in [5.74, 6) is -0.740. The van der Waals surface area contributed by atoms with Gasteiger partial charge in [-0.1, -0.05) is 18.2 Å². The topological polar surface area (TPSA) is 107 Å². The van der Waals surface area contributed by atoms with Crippen molar-refractivity contribution in [3.05, 3.63) is 60.6 Å². The quantitative estimate of drug-likeness (QED) is 0.572. The number of amides is 4. The molecule has 1 aliphatic rings. The first kappa shape index (κ1) is 17.7. The third-order valence-electron chi connectivity index (χ3n) is 4.72. The van der Waals surface area contributed by atoms with Gasteiger partial charge >= 0.3 is 6.03 Å². The summed E-state index contributed by atoms with van der Waals surface area (Å²) in [6, 6.07) is 9.95. The number of hydrogen-bond acceptors (Lipinski definition) is 4. The van der Waals surface area contributed by atoms with E-state index in [1.165, 1.54) is 11.1 Å². The number of anilines is 1. The number of hydrogen-bond donors (Lipinski definition) is 3. The molecule has 0 radical (unpaired) electrons. The molecule has 1 aromatic carbocycles. The van der Waals surface area contributed by atoms with Gasteiger partial charge in [0, 0.05) is 29.8 Å². The molecule has 1 unspecified atom stereocenters. The Labute approximate surface area is 160 Å². The zero-order chi connectivity index (χ0) is 19.5. The monoisotopic (exact) mass is 377 g/mol. The van der Waals surface area contributed by atoms with Crippen molar-refractivity contribution in [2.45, 2.75) is 18.9 Å². The summed E-state index contributed by atoms with van der Waals surface area (Å²) in [5.41, 5.74) is 2.59. The normalized spacial score (nSPS) is 16.4. The fourth-order valence-corrected chi connectivity index (χ4v) is 3.33.